The third-order valence-electron chi connectivity index (χ3n) is 2.87. The highest BCUT2D eigenvalue weighted by molar-refractivity contribution is 4.94. The molecule has 0 unspecified atom stereocenters. The van der Waals surface area contributed by atoms with Crippen LogP contribution in [-0.2, 0) is 4.74 Å². The fourth-order valence-electron chi connectivity index (χ4n) is 1.67. The zero-order chi connectivity index (χ0) is 10.3. The lowest BCUT2D eigenvalue weighted by Crippen LogP contribution is -2.28. The highest BCUT2D eigenvalue weighted by Crippen LogP contribution is 2.47. The Morgan fingerprint density at radius 1 is 1.36 bits per heavy atom. The molecular weight excluding hydrogens is 178 g/mol. The van der Waals surface area contributed by atoms with Crippen LogP contribution in [0.5, 0.6) is 0 Å². The first-order valence-electron chi connectivity index (χ1n) is 5.72. The number of hydrogen-bond acceptors (Lipinski definition) is 3. The number of rotatable bonds is 9. The van der Waals surface area contributed by atoms with E-state index < -0.39 is 0 Å². The number of nitrogens with one attached hydrogen (secondary N) is 1. The largest absolute Gasteiger partial charge is 0.396 e. The first kappa shape index (κ1) is 12.0. The minimum Gasteiger partial charge on any atom is -0.396 e. The van der Waals surface area contributed by atoms with Gasteiger partial charge in [0.1, 0.15) is 0 Å². The second-order valence-electron chi connectivity index (χ2n) is 4.26. The summed E-state index contributed by atoms with van der Waals surface area (Å²) in [7, 11) is 0. The number of aliphatic hydroxyl groups is 1. The fraction of sp³-hybridized carbons (Fsp3) is 1.00. The van der Waals surface area contributed by atoms with E-state index in [4.69, 9.17) is 9.84 Å². The van der Waals surface area contributed by atoms with E-state index in [0.29, 0.717) is 12.0 Å². The quantitative estimate of drug-likeness (QED) is 0.550. The summed E-state index contributed by atoms with van der Waals surface area (Å²) in [5, 5.41) is 12.3. The lowest BCUT2D eigenvalue weighted by molar-refractivity contribution is 0.134. The van der Waals surface area contributed by atoms with E-state index >= 15 is 0 Å². The normalized spacial score (nSPS) is 18.4. The van der Waals surface area contributed by atoms with Gasteiger partial charge in [-0.25, -0.2) is 0 Å². The molecule has 0 bridgehead atoms. The predicted octanol–water partition coefficient (Wildman–Crippen LogP) is 1.17. The van der Waals surface area contributed by atoms with Gasteiger partial charge >= 0.3 is 0 Å². The Balaban J connectivity index is 1.88. The van der Waals surface area contributed by atoms with Gasteiger partial charge in [0.15, 0.2) is 0 Å². The maximum atomic E-state index is 8.86. The summed E-state index contributed by atoms with van der Waals surface area (Å²) in [5.41, 5.74) is 0.430. The van der Waals surface area contributed by atoms with Crippen molar-refractivity contribution in [2.24, 2.45) is 5.41 Å². The van der Waals surface area contributed by atoms with Crippen LogP contribution in [0.1, 0.15) is 32.6 Å². The van der Waals surface area contributed by atoms with Gasteiger partial charge in [-0.1, -0.05) is 6.92 Å². The van der Waals surface area contributed by atoms with Gasteiger partial charge in [0.25, 0.3) is 0 Å². The second kappa shape index (κ2) is 6.38. The summed E-state index contributed by atoms with van der Waals surface area (Å²) in [6.07, 6.45) is 4.59. The number of ether oxygens (including phenoxy) is 1. The maximum Gasteiger partial charge on any atom is 0.0590 e. The molecule has 0 aromatic rings. The van der Waals surface area contributed by atoms with Crippen LogP contribution in [0, 0.1) is 5.41 Å². The molecule has 14 heavy (non-hydrogen) atoms. The third kappa shape index (κ3) is 4.40. The molecule has 3 nitrogen and oxygen atoms in total. The minimum absolute atomic E-state index is 0.327. The SMILES string of the molecule is CCCOCCNCC1(CCO)CC1. The van der Waals surface area contributed by atoms with Gasteiger partial charge in [-0.15, -0.1) is 0 Å². The molecule has 0 heterocycles. The Labute approximate surface area is 86.8 Å². The van der Waals surface area contributed by atoms with Crippen molar-refractivity contribution in [2.45, 2.75) is 32.6 Å². The van der Waals surface area contributed by atoms with Gasteiger partial charge in [0, 0.05) is 26.3 Å². The zero-order valence-corrected chi connectivity index (χ0v) is 9.22. The zero-order valence-electron chi connectivity index (χ0n) is 9.22. The third-order valence-corrected chi connectivity index (χ3v) is 2.87. The second-order valence-corrected chi connectivity index (χ2v) is 4.26. The molecule has 84 valence electrons. The molecule has 1 aliphatic rings. The Morgan fingerprint density at radius 3 is 2.71 bits per heavy atom. The monoisotopic (exact) mass is 201 g/mol. The van der Waals surface area contributed by atoms with Crippen molar-refractivity contribution in [1.82, 2.24) is 5.32 Å². The van der Waals surface area contributed by atoms with Crippen molar-refractivity contribution in [2.75, 3.05) is 32.9 Å². The van der Waals surface area contributed by atoms with Gasteiger partial charge in [0.05, 0.1) is 6.61 Å². The number of aliphatic hydroxyl groups excluding tert-OH is 1. The van der Waals surface area contributed by atoms with E-state index in [1.54, 1.807) is 0 Å². The van der Waals surface area contributed by atoms with Gasteiger partial charge < -0.3 is 15.2 Å². The van der Waals surface area contributed by atoms with Gasteiger partial charge in [-0.2, -0.15) is 0 Å². The lowest BCUT2D eigenvalue weighted by Gasteiger charge is -2.14. The molecule has 0 spiro atoms. The van der Waals surface area contributed by atoms with Crippen molar-refractivity contribution < 1.29 is 9.84 Å². The molecule has 0 aromatic heterocycles. The number of hydrogen-bond donors (Lipinski definition) is 2. The average molecular weight is 201 g/mol. The van der Waals surface area contributed by atoms with Gasteiger partial charge in [0.2, 0.25) is 0 Å². The van der Waals surface area contributed by atoms with Crippen molar-refractivity contribution in [3.63, 3.8) is 0 Å². The predicted molar refractivity (Wildman–Crippen MR) is 57.3 cm³/mol. The van der Waals surface area contributed by atoms with Crippen LogP contribution in [0.4, 0.5) is 0 Å². The van der Waals surface area contributed by atoms with E-state index in [0.717, 1.165) is 39.1 Å². The van der Waals surface area contributed by atoms with Gasteiger partial charge in [-0.3, -0.25) is 0 Å². The summed E-state index contributed by atoms with van der Waals surface area (Å²) in [4.78, 5) is 0. The smallest absolute Gasteiger partial charge is 0.0590 e. The molecular formula is C11H23NO2. The van der Waals surface area contributed by atoms with Crippen LogP contribution in [-0.4, -0.2) is 38.0 Å². The molecule has 3 heteroatoms. The highest BCUT2D eigenvalue weighted by atomic mass is 16.5. The molecule has 1 fully saturated rings. The Kier molecular flexibility index (Phi) is 5.45. The average Bonchev–Trinajstić information content (AvgIpc) is 2.93. The first-order chi connectivity index (χ1) is 6.83. The molecule has 0 radical (unpaired) electrons. The Hall–Kier alpha value is -0.120. The highest BCUT2D eigenvalue weighted by Gasteiger charge is 2.41. The summed E-state index contributed by atoms with van der Waals surface area (Å²) >= 11 is 0. The van der Waals surface area contributed by atoms with Crippen LogP contribution in [0.15, 0.2) is 0 Å². The Morgan fingerprint density at radius 2 is 2.14 bits per heavy atom. The summed E-state index contributed by atoms with van der Waals surface area (Å²) in [6, 6.07) is 0. The van der Waals surface area contributed by atoms with E-state index in [1.165, 1.54) is 12.8 Å². The summed E-state index contributed by atoms with van der Waals surface area (Å²) in [6.45, 7) is 6.10. The van der Waals surface area contributed by atoms with Crippen LogP contribution < -0.4 is 5.32 Å². The first-order valence-corrected chi connectivity index (χ1v) is 5.72. The van der Waals surface area contributed by atoms with Gasteiger partial charge in [-0.05, 0) is 31.1 Å². The van der Waals surface area contributed by atoms with Crippen molar-refractivity contribution in [3.8, 4) is 0 Å². The molecule has 1 rings (SSSR count). The molecule has 2 N–H and O–H groups in total. The molecule has 1 saturated carbocycles. The standard InChI is InChI=1S/C11H23NO2/c1-2-8-14-9-6-12-10-11(3-4-11)5-7-13/h12-13H,2-10H2,1H3. The molecule has 0 aromatic carbocycles. The lowest BCUT2D eigenvalue weighted by atomic mass is 10.0. The summed E-state index contributed by atoms with van der Waals surface area (Å²) < 4.78 is 5.37. The molecule has 0 amide bonds. The van der Waals surface area contributed by atoms with E-state index in [2.05, 4.69) is 12.2 Å². The van der Waals surface area contributed by atoms with E-state index in [9.17, 15) is 0 Å². The topological polar surface area (TPSA) is 41.5 Å². The van der Waals surface area contributed by atoms with Crippen LogP contribution in [0.2, 0.25) is 0 Å². The van der Waals surface area contributed by atoms with E-state index in [-0.39, 0.29) is 0 Å². The van der Waals surface area contributed by atoms with Crippen molar-refractivity contribution in [1.29, 1.82) is 0 Å². The molecule has 1 aliphatic carbocycles. The van der Waals surface area contributed by atoms with Crippen LogP contribution in [0.25, 0.3) is 0 Å². The molecule has 0 saturated heterocycles. The Bertz CT molecular complexity index is 146. The summed E-state index contributed by atoms with van der Waals surface area (Å²) in [5.74, 6) is 0. The molecule has 0 atom stereocenters. The van der Waals surface area contributed by atoms with Crippen molar-refractivity contribution >= 4 is 0 Å². The fourth-order valence-corrected chi connectivity index (χ4v) is 1.67. The van der Waals surface area contributed by atoms with Crippen LogP contribution >= 0.6 is 0 Å². The molecule has 0 aliphatic heterocycles. The van der Waals surface area contributed by atoms with E-state index in [1.807, 2.05) is 0 Å². The van der Waals surface area contributed by atoms with Crippen molar-refractivity contribution in [3.05, 3.63) is 0 Å². The minimum atomic E-state index is 0.327. The van der Waals surface area contributed by atoms with Crippen LogP contribution in [0.3, 0.4) is 0 Å². The maximum absolute atomic E-state index is 8.86.